The van der Waals surface area contributed by atoms with Crippen LogP contribution in [0, 0.1) is 12.8 Å². The lowest BCUT2D eigenvalue weighted by Gasteiger charge is -2.21. The first-order chi connectivity index (χ1) is 8.16. The summed E-state index contributed by atoms with van der Waals surface area (Å²) in [5.41, 5.74) is 1.58. The lowest BCUT2D eigenvalue weighted by atomic mass is 9.99. The molecule has 0 bridgehead atoms. The Kier molecular flexibility index (Phi) is 3.97. The van der Waals surface area contributed by atoms with Crippen molar-refractivity contribution >= 4 is 23.2 Å². The molecule has 1 atom stereocenters. The van der Waals surface area contributed by atoms with E-state index in [-0.39, 0.29) is 11.8 Å². The first kappa shape index (κ1) is 12.3. The van der Waals surface area contributed by atoms with Crippen LogP contribution in [-0.4, -0.2) is 24.0 Å². The molecule has 1 aromatic heterocycles. The van der Waals surface area contributed by atoms with E-state index < -0.39 is 0 Å². The zero-order valence-electron chi connectivity index (χ0n) is 9.79. The average Bonchev–Trinajstić information content (AvgIpc) is 2.35. The molecule has 0 unspecified atom stereocenters. The van der Waals surface area contributed by atoms with Gasteiger partial charge in [-0.25, -0.2) is 4.98 Å². The number of nitrogens with zero attached hydrogens (tertiary/aromatic N) is 1. The molecule has 1 aromatic rings. The van der Waals surface area contributed by atoms with E-state index in [2.05, 4.69) is 15.6 Å². The zero-order chi connectivity index (χ0) is 12.3. The van der Waals surface area contributed by atoms with Gasteiger partial charge in [0.15, 0.2) is 0 Å². The van der Waals surface area contributed by atoms with Crippen LogP contribution in [-0.2, 0) is 4.79 Å². The van der Waals surface area contributed by atoms with Crippen molar-refractivity contribution in [3.8, 4) is 0 Å². The van der Waals surface area contributed by atoms with Crippen LogP contribution < -0.4 is 10.6 Å². The van der Waals surface area contributed by atoms with Crippen molar-refractivity contribution in [1.82, 2.24) is 10.3 Å². The lowest BCUT2D eigenvalue weighted by Crippen LogP contribution is -2.37. The molecular formula is C12H16ClN3O. The first-order valence-electron chi connectivity index (χ1n) is 5.80. The van der Waals surface area contributed by atoms with E-state index in [4.69, 9.17) is 11.6 Å². The van der Waals surface area contributed by atoms with E-state index in [1.807, 2.05) is 13.0 Å². The van der Waals surface area contributed by atoms with Crippen LogP contribution in [0.25, 0.3) is 0 Å². The van der Waals surface area contributed by atoms with Crippen LogP contribution in [0.3, 0.4) is 0 Å². The van der Waals surface area contributed by atoms with Crippen molar-refractivity contribution < 1.29 is 4.79 Å². The fourth-order valence-corrected chi connectivity index (χ4v) is 2.05. The number of hydrogen-bond donors (Lipinski definition) is 2. The number of halogens is 1. The SMILES string of the molecule is Cc1cc(NC(=O)[C@@H]2CCCNC2)cnc1Cl. The molecular weight excluding hydrogens is 238 g/mol. The number of anilines is 1. The molecule has 0 aromatic carbocycles. The molecule has 2 rings (SSSR count). The molecule has 0 spiro atoms. The van der Waals surface area contributed by atoms with Gasteiger partial charge in [0.2, 0.25) is 5.91 Å². The smallest absolute Gasteiger partial charge is 0.228 e. The number of aryl methyl sites for hydroxylation is 1. The molecule has 1 saturated heterocycles. The molecule has 5 heteroatoms. The second-order valence-electron chi connectivity index (χ2n) is 4.36. The molecule has 1 fully saturated rings. The Balaban J connectivity index is 1.99. The van der Waals surface area contributed by atoms with Crippen molar-refractivity contribution in [3.05, 3.63) is 23.0 Å². The Morgan fingerprint density at radius 2 is 2.47 bits per heavy atom. The van der Waals surface area contributed by atoms with Gasteiger partial charge in [0.25, 0.3) is 0 Å². The van der Waals surface area contributed by atoms with Crippen LogP contribution in [0.15, 0.2) is 12.3 Å². The molecule has 2 heterocycles. The van der Waals surface area contributed by atoms with Gasteiger partial charge in [-0.15, -0.1) is 0 Å². The van der Waals surface area contributed by atoms with Gasteiger partial charge in [-0.3, -0.25) is 4.79 Å². The third-order valence-corrected chi connectivity index (χ3v) is 3.35. The number of piperidine rings is 1. The Bertz CT molecular complexity index is 416. The van der Waals surface area contributed by atoms with Crippen molar-refractivity contribution in [1.29, 1.82) is 0 Å². The molecule has 17 heavy (non-hydrogen) atoms. The third kappa shape index (κ3) is 3.17. The van der Waals surface area contributed by atoms with Gasteiger partial charge in [-0.1, -0.05) is 11.6 Å². The van der Waals surface area contributed by atoms with Crippen LogP contribution >= 0.6 is 11.6 Å². The van der Waals surface area contributed by atoms with E-state index in [9.17, 15) is 4.79 Å². The fourth-order valence-electron chi connectivity index (χ4n) is 1.95. The molecule has 92 valence electrons. The average molecular weight is 254 g/mol. The molecule has 0 saturated carbocycles. The second kappa shape index (κ2) is 5.47. The minimum Gasteiger partial charge on any atom is -0.324 e. The monoisotopic (exact) mass is 253 g/mol. The Labute approximate surface area is 106 Å². The predicted octanol–water partition coefficient (Wildman–Crippen LogP) is 1.98. The molecule has 1 amide bonds. The first-order valence-corrected chi connectivity index (χ1v) is 6.18. The van der Waals surface area contributed by atoms with E-state index >= 15 is 0 Å². The van der Waals surface area contributed by atoms with Crippen molar-refractivity contribution in [3.63, 3.8) is 0 Å². The lowest BCUT2D eigenvalue weighted by molar-refractivity contribution is -0.120. The summed E-state index contributed by atoms with van der Waals surface area (Å²) in [4.78, 5) is 16.0. The van der Waals surface area contributed by atoms with Gasteiger partial charge < -0.3 is 10.6 Å². The topological polar surface area (TPSA) is 54.0 Å². The maximum Gasteiger partial charge on any atom is 0.228 e. The Hall–Kier alpha value is -1.13. The highest BCUT2D eigenvalue weighted by molar-refractivity contribution is 6.30. The minimum absolute atomic E-state index is 0.0553. The zero-order valence-corrected chi connectivity index (χ0v) is 10.5. The summed E-state index contributed by atoms with van der Waals surface area (Å²) in [5, 5.41) is 6.58. The summed E-state index contributed by atoms with van der Waals surface area (Å²) >= 11 is 5.83. The quantitative estimate of drug-likeness (QED) is 0.793. The largest absolute Gasteiger partial charge is 0.324 e. The van der Waals surface area contributed by atoms with Gasteiger partial charge in [0.05, 0.1) is 17.8 Å². The summed E-state index contributed by atoms with van der Waals surface area (Å²) < 4.78 is 0. The molecule has 2 N–H and O–H groups in total. The van der Waals surface area contributed by atoms with E-state index in [0.29, 0.717) is 10.8 Å². The molecule has 0 aliphatic carbocycles. The van der Waals surface area contributed by atoms with Crippen LogP contribution in [0.2, 0.25) is 5.15 Å². The van der Waals surface area contributed by atoms with E-state index in [0.717, 1.165) is 31.5 Å². The third-order valence-electron chi connectivity index (χ3n) is 2.95. The Morgan fingerprint density at radius 3 is 3.12 bits per heavy atom. The molecule has 0 radical (unpaired) electrons. The second-order valence-corrected chi connectivity index (χ2v) is 4.72. The highest BCUT2D eigenvalue weighted by atomic mass is 35.5. The predicted molar refractivity (Wildman–Crippen MR) is 68.2 cm³/mol. The van der Waals surface area contributed by atoms with Gasteiger partial charge in [-0.05, 0) is 37.9 Å². The molecule has 4 nitrogen and oxygen atoms in total. The minimum atomic E-state index is 0.0553. The summed E-state index contributed by atoms with van der Waals surface area (Å²) in [6, 6.07) is 1.84. The van der Waals surface area contributed by atoms with Gasteiger partial charge in [-0.2, -0.15) is 0 Å². The Morgan fingerprint density at radius 1 is 1.65 bits per heavy atom. The van der Waals surface area contributed by atoms with Gasteiger partial charge in [0, 0.05) is 6.54 Å². The number of nitrogens with one attached hydrogen (secondary N) is 2. The van der Waals surface area contributed by atoms with E-state index in [1.54, 1.807) is 6.20 Å². The number of aromatic nitrogens is 1. The maximum atomic E-state index is 12.0. The van der Waals surface area contributed by atoms with Gasteiger partial charge in [0.1, 0.15) is 5.15 Å². The summed E-state index contributed by atoms with van der Waals surface area (Å²) in [6.45, 7) is 3.63. The van der Waals surface area contributed by atoms with Crippen molar-refractivity contribution in [2.75, 3.05) is 18.4 Å². The highest BCUT2D eigenvalue weighted by Gasteiger charge is 2.20. The number of pyridine rings is 1. The number of amides is 1. The van der Waals surface area contributed by atoms with Crippen LogP contribution in [0.5, 0.6) is 0 Å². The molecule has 1 aliphatic rings. The number of rotatable bonds is 2. The van der Waals surface area contributed by atoms with E-state index in [1.165, 1.54) is 0 Å². The summed E-state index contributed by atoms with van der Waals surface area (Å²) in [7, 11) is 0. The fraction of sp³-hybridized carbons (Fsp3) is 0.500. The summed E-state index contributed by atoms with van der Waals surface area (Å²) in [5.74, 6) is 0.112. The molecule has 1 aliphatic heterocycles. The summed E-state index contributed by atoms with van der Waals surface area (Å²) in [6.07, 6.45) is 3.58. The standard InChI is InChI=1S/C12H16ClN3O/c1-8-5-10(7-15-11(8)13)16-12(17)9-3-2-4-14-6-9/h5,7,9,14H,2-4,6H2,1H3,(H,16,17)/t9-/m1/s1. The number of carbonyl (C=O) groups excluding carboxylic acids is 1. The normalized spacial score (nSPS) is 20.0. The van der Waals surface area contributed by atoms with Gasteiger partial charge >= 0.3 is 0 Å². The van der Waals surface area contributed by atoms with Crippen LogP contribution in [0.4, 0.5) is 5.69 Å². The maximum absolute atomic E-state index is 12.0. The van der Waals surface area contributed by atoms with Crippen LogP contribution in [0.1, 0.15) is 18.4 Å². The van der Waals surface area contributed by atoms with Crippen molar-refractivity contribution in [2.45, 2.75) is 19.8 Å². The number of hydrogen-bond acceptors (Lipinski definition) is 3. The highest BCUT2D eigenvalue weighted by Crippen LogP contribution is 2.18. The van der Waals surface area contributed by atoms with Crippen molar-refractivity contribution in [2.24, 2.45) is 5.92 Å². The number of carbonyl (C=O) groups is 1.